The molecule has 210 valence electrons. The zero-order valence-corrected chi connectivity index (χ0v) is 21.8. The molecule has 0 bridgehead atoms. The van der Waals surface area contributed by atoms with Gasteiger partial charge in [-0.15, -0.1) is 0 Å². The van der Waals surface area contributed by atoms with E-state index in [2.05, 4.69) is 30.5 Å². The van der Waals surface area contributed by atoms with Gasteiger partial charge in [-0.25, -0.2) is 23.1 Å². The Morgan fingerprint density at radius 1 is 1.05 bits per heavy atom. The number of alkyl halides is 2. The number of anilines is 3. The van der Waals surface area contributed by atoms with E-state index < -0.39 is 29.5 Å². The number of piperazine rings is 1. The van der Waals surface area contributed by atoms with Gasteiger partial charge < -0.3 is 25.4 Å². The van der Waals surface area contributed by atoms with E-state index in [1.165, 1.54) is 23.2 Å². The lowest BCUT2D eigenvalue weighted by molar-refractivity contribution is 0.0458. The number of carbonyl (C=O) groups excluding carboxylic acids is 1. The molecule has 2 unspecified atom stereocenters. The summed E-state index contributed by atoms with van der Waals surface area (Å²) in [5.74, 6) is -4.98. The largest absolute Gasteiger partial charge is 0.368 e. The minimum Gasteiger partial charge on any atom is -0.368 e. The maximum atomic E-state index is 15.4. The van der Waals surface area contributed by atoms with Crippen LogP contribution in [0.3, 0.4) is 0 Å². The number of H-pyrrole nitrogens is 1. The second-order valence-corrected chi connectivity index (χ2v) is 10.7. The first-order valence-electron chi connectivity index (χ1n) is 13.5. The molecule has 1 aromatic carbocycles. The van der Waals surface area contributed by atoms with Crippen LogP contribution in [0.5, 0.6) is 0 Å². The number of rotatable bonds is 5. The highest BCUT2D eigenvalue weighted by atomic mass is 19.3. The number of nitrogens with zero attached hydrogens (tertiary/aromatic N) is 4. The fourth-order valence-electron chi connectivity index (χ4n) is 5.85. The predicted molar refractivity (Wildman–Crippen MR) is 148 cm³/mol. The molecular weight excluding hydrogens is 535 g/mol. The van der Waals surface area contributed by atoms with E-state index in [4.69, 9.17) is 0 Å². The Balaban J connectivity index is 1.18. The first-order chi connectivity index (χ1) is 19.8. The smallest absolute Gasteiger partial charge is 0.259 e. The Bertz CT molecular complexity index is 1710. The molecule has 7 rings (SSSR count). The molecule has 2 aliphatic heterocycles. The topological polar surface area (TPSA) is 106 Å². The van der Waals surface area contributed by atoms with E-state index in [0.717, 1.165) is 37.9 Å². The van der Waals surface area contributed by atoms with Gasteiger partial charge in [0.15, 0.2) is 0 Å². The SMILES string of the molecule is O=C(c1ccc(-c2cc(Nc3ccc(N4CCNCC4)cn3)c3c(=O)[nH]ccc3n2)c(F)c1)N1CC2C(C1)C2(F)F. The summed E-state index contributed by atoms with van der Waals surface area (Å²) >= 11 is 0. The standard InChI is InChI=1S/C29H26F3N7O2/c30-21-11-16(28(41)39-14-19-20(15-39)29(19,31)32)1-3-18(21)23-12-24(26-22(36-23)5-6-34-27(26)40)37-25-4-2-17(13-35-25)38-9-7-33-8-10-38/h1-6,11-13,19-20,33H,7-10,14-15H2,(H,34,40)(H,35,36,37). The third-order valence-corrected chi connectivity index (χ3v) is 8.20. The van der Waals surface area contributed by atoms with Crippen molar-refractivity contribution >= 4 is 34.0 Å². The second-order valence-electron chi connectivity index (χ2n) is 10.7. The van der Waals surface area contributed by atoms with Gasteiger partial charge in [0, 0.05) is 56.6 Å². The van der Waals surface area contributed by atoms with Crippen molar-refractivity contribution in [3.8, 4) is 11.3 Å². The number of fused-ring (bicyclic) bond motifs is 2. The zero-order chi connectivity index (χ0) is 28.3. The van der Waals surface area contributed by atoms with Crippen molar-refractivity contribution in [1.29, 1.82) is 0 Å². The van der Waals surface area contributed by atoms with E-state index in [9.17, 15) is 18.4 Å². The van der Waals surface area contributed by atoms with E-state index in [-0.39, 0.29) is 35.5 Å². The number of aromatic amines is 1. The normalized spacial score (nSPS) is 21.1. The van der Waals surface area contributed by atoms with Gasteiger partial charge in [0.2, 0.25) is 0 Å². The Labute approximate surface area is 232 Å². The number of pyridine rings is 3. The quantitative estimate of drug-likeness (QED) is 0.342. The summed E-state index contributed by atoms with van der Waals surface area (Å²) in [6.07, 6.45) is 3.23. The van der Waals surface area contributed by atoms with Gasteiger partial charge in [0.05, 0.1) is 46.0 Å². The van der Waals surface area contributed by atoms with Crippen LogP contribution >= 0.6 is 0 Å². The lowest BCUT2D eigenvalue weighted by Crippen LogP contribution is -2.43. The number of hydrogen-bond donors (Lipinski definition) is 3. The van der Waals surface area contributed by atoms with Gasteiger partial charge in [-0.3, -0.25) is 9.59 Å². The van der Waals surface area contributed by atoms with Gasteiger partial charge in [-0.2, -0.15) is 0 Å². The van der Waals surface area contributed by atoms with Crippen LogP contribution in [0.4, 0.5) is 30.4 Å². The number of hydrogen-bond acceptors (Lipinski definition) is 7. The minimum atomic E-state index is -2.70. The maximum Gasteiger partial charge on any atom is 0.259 e. The van der Waals surface area contributed by atoms with E-state index >= 15 is 4.39 Å². The first-order valence-corrected chi connectivity index (χ1v) is 13.5. The molecule has 3 aliphatic rings. The maximum absolute atomic E-state index is 15.4. The summed E-state index contributed by atoms with van der Waals surface area (Å²) in [5, 5.41) is 6.79. The number of likely N-dealkylation sites (tertiary alicyclic amines) is 1. The summed E-state index contributed by atoms with van der Waals surface area (Å²) in [6, 6.07) is 11.0. The molecule has 3 aromatic heterocycles. The van der Waals surface area contributed by atoms with Crippen molar-refractivity contribution in [2.75, 3.05) is 49.5 Å². The minimum absolute atomic E-state index is 0.0278. The highest BCUT2D eigenvalue weighted by Crippen LogP contribution is 2.59. The molecule has 41 heavy (non-hydrogen) atoms. The third kappa shape index (κ3) is 4.48. The fraction of sp³-hybridized carbons (Fsp3) is 0.310. The third-order valence-electron chi connectivity index (χ3n) is 8.20. The molecule has 3 N–H and O–H groups in total. The van der Waals surface area contributed by atoms with Crippen molar-refractivity contribution in [3.63, 3.8) is 0 Å². The van der Waals surface area contributed by atoms with Gasteiger partial charge in [0.25, 0.3) is 17.4 Å². The van der Waals surface area contributed by atoms with Crippen LogP contribution in [-0.2, 0) is 0 Å². The van der Waals surface area contributed by atoms with Crippen molar-refractivity contribution in [1.82, 2.24) is 25.2 Å². The van der Waals surface area contributed by atoms with Crippen molar-refractivity contribution in [2.45, 2.75) is 5.92 Å². The molecule has 2 saturated heterocycles. The van der Waals surface area contributed by atoms with Crippen LogP contribution in [0.25, 0.3) is 22.2 Å². The summed E-state index contributed by atoms with van der Waals surface area (Å²) in [6.45, 7) is 3.51. The Morgan fingerprint density at radius 2 is 1.83 bits per heavy atom. The van der Waals surface area contributed by atoms with E-state index in [1.54, 1.807) is 18.3 Å². The highest BCUT2D eigenvalue weighted by Gasteiger charge is 2.72. The van der Waals surface area contributed by atoms with Crippen molar-refractivity contribution in [3.05, 3.63) is 76.6 Å². The molecule has 0 spiro atoms. The molecule has 1 saturated carbocycles. The number of nitrogens with one attached hydrogen (secondary N) is 3. The van der Waals surface area contributed by atoms with Crippen LogP contribution in [0.2, 0.25) is 0 Å². The van der Waals surface area contributed by atoms with Crippen LogP contribution in [-0.4, -0.2) is 71.0 Å². The van der Waals surface area contributed by atoms with E-state index in [1.807, 2.05) is 12.1 Å². The molecule has 4 aromatic rings. The van der Waals surface area contributed by atoms with Crippen LogP contribution in [0.15, 0.2) is 59.7 Å². The second kappa shape index (κ2) is 9.58. The fourth-order valence-corrected chi connectivity index (χ4v) is 5.85. The van der Waals surface area contributed by atoms with E-state index in [0.29, 0.717) is 22.4 Å². The molecular formula is C29H26F3N7O2. The molecule has 1 amide bonds. The summed E-state index contributed by atoms with van der Waals surface area (Å²) in [4.78, 5) is 40.9. The van der Waals surface area contributed by atoms with Gasteiger partial charge in [0.1, 0.15) is 11.6 Å². The highest BCUT2D eigenvalue weighted by molar-refractivity contribution is 5.96. The van der Waals surface area contributed by atoms with Crippen LogP contribution in [0.1, 0.15) is 10.4 Å². The van der Waals surface area contributed by atoms with Crippen LogP contribution in [0, 0.1) is 17.7 Å². The van der Waals surface area contributed by atoms with Crippen molar-refractivity contribution < 1.29 is 18.0 Å². The monoisotopic (exact) mass is 561 g/mol. The lowest BCUT2D eigenvalue weighted by atomic mass is 10.0. The Kier molecular flexibility index (Phi) is 5.96. The summed E-state index contributed by atoms with van der Waals surface area (Å²) in [7, 11) is 0. The number of amides is 1. The van der Waals surface area contributed by atoms with Gasteiger partial charge in [-0.05, 0) is 42.5 Å². The average Bonchev–Trinajstić information content (AvgIpc) is 3.27. The number of piperidine rings is 1. The summed E-state index contributed by atoms with van der Waals surface area (Å²) in [5.41, 5.74) is 1.84. The molecule has 12 heteroatoms. The average molecular weight is 562 g/mol. The van der Waals surface area contributed by atoms with Gasteiger partial charge >= 0.3 is 0 Å². The number of carbonyl (C=O) groups is 1. The van der Waals surface area contributed by atoms with Crippen LogP contribution < -0.4 is 21.1 Å². The molecule has 9 nitrogen and oxygen atoms in total. The summed E-state index contributed by atoms with van der Waals surface area (Å²) < 4.78 is 42.5. The van der Waals surface area contributed by atoms with Crippen molar-refractivity contribution in [2.24, 2.45) is 11.8 Å². The molecule has 1 aliphatic carbocycles. The first kappa shape index (κ1) is 25.5. The molecule has 5 heterocycles. The van der Waals surface area contributed by atoms with Gasteiger partial charge in [-0.1, -0.05) is 0 Å². The molecule has 0 radical (unpaired) electrons. The number of aromatic nitrogens is 3. The zero-order valence-electron chi connectivity index (χ0n) is 21.8. The Morgan fingerprint density at radius 3 is 2.54 bits per heavy atom. The Hall–Kier alpha value is -4.45. The lowest BCUT2D eigenvalue weighted by Gasteiger charge is -2.29. The predicted octanol–water partition coefficient (Wildman–Crippen LogP) is 3.61. The number of halogens is 3. The molecule has 3 fully saturated rings. The molecule has 2 atom stereocenters. The number of benzene rings is 1.